The normalized spacial score (nSPS) is 18.7. The average molecular weight is 182 g/mol. The lowest BCUT2D eigenvalue weighted by atomic mass is 9.93. The topological polar surface area (TPSA) is 46.3 Å². The largest absolute Gasteiger partial charge is 0.339 e. The smallest absolute Gasteiger partial charge is 0.245 e. The van der Waals surface area contributed by atoms with Gasteiger partial charge in [0.2, 0.25) is 5.91 Å². The van der Waals surface area contributed by atoms with Crippen molar-refractivity contribution < 1.29 is 4.79 Å². The Morgan fingerprint density at radius 2 is 2.15 bits per heavy atom. The maximum absolute atomic E-state index is 11.2. The summed E-state index contributed by atoms with van der Waals surface area (Å²) in [5.41, 5.74) is 5.48. The summed E-state index contributed by atoms with van der Waals surface area (Å²) in [5.74, 6) is 0.782. The van der Waals surface area contributed by atoms with Gasteiger partial charge in [-0.1, -0.05) is 6.58 Å². The van der Waals surface area contributed by atoms with Gasteiger partial charge in [0.25, 0.3) is 0 Å². The van der Waals surface area contributed by atoms with Crippen molar-refractivity contribution in [2.75, 3.05) is 19.6 Å². The lowest BCUT2D eigenvalue weighted by Crippen LogP contribution is -2.37. The summed E-state index contributed by atoms with van der Waals surface area (Å²) >= 11 is 0. The number of amides is 1. The number of nitrogens with two attached hydrogens (primary N) is 1. The highest BCUT2D eigenvalue weighted by atomic mass is 16.2. The molecule has 1 aliphatic rings. The zero-order valence-corrected chi connectivity index (χ0v) is 8.04. The van der Waals surface area contributed by atoms with Crippen LogP contribution in [0.25, 0.3) is 0 Å². The van der Waals surface area contributed by atoms with E-state index >= 15 is 0 Å². The Morgan fingerprint density at radius 1 is 1.54 bits per heavy atom. The van der Waals surface area contributed by atoms with Gasteiger partial charge in [-0.25, -0.2) is 0 Å². The second kappa shape index (κ2) is 5.02. The van der Waals surface area contributed by atoms with Crippen molar-refractivity contribution in [1.29, 1.82) is 0 Å². The maximum Gasteiger partial charge on any atom is 0.245 e. The number of hydrogen-bond acceptors (Lipinski definition) is 2. The van der Waals surface area contributed by atoms with E-state index in [1.54, 1.807) is 0 Å². The van der Waals surface area contributed by atoms with Gasteiger partial charge in [0.1, 0.15) is 0 Å². The van der Waals surface area contributed by atoms with Crippen LogP contribution >= 0.6 is 0 Å². The molecule has 74 valence electrons. The molecule has 1 rings (SSSR count). The lowest BCUT2D eigenvalue weighted by molar-refractivity contribution is -0.127. The molecule has 1 saturated heterocycles. The van der Waals surface area contributed by atoms with Crippen LogP contribution in [0.3, 0.4) is 0 Å². The second-order valence-corrected chi connectivity index (χ2v) is 3.55. The Labute approximate surface area is 79.6 Å². The first kappa shape index (κ1) is 10.3. The van der Waals surface area contributed by atoms with E-state index in [0.29, 0.717) is 0 Å². The summed E-state index contributed by atoms with van der Waals surface area (Å²) in [4.78, 5) is 13.1. The third-order valence-electron chi connectivity index (χ3n) is 2.68. The molecule has 1 aliphatic heterocycles. The van der Waals surface area contributed by atoms with Crippen molar-refractivity contribution >= 4 is 5.91 Å². The lowest BCUT2D eigenvalue weighted by Gasteiger charge is -2.31. The fourth-order valence-electron chi connectivity index (χ4n) is 1.81. The van der Waals surface area contributed by atoms with Crippen molar-refractivity contribution in [3.8, 4) is 0 Å². The van der Waals surface area contributed by atoms with Gasteiger partial charge in [-0.15, -0.1) is 0 Å². The van der Waals surface area contributed by atoms with E-state index in [9.17, 15) is 4.79 Å². The number of nitrogens with zero attached hydrogens (tertiary/aromatic N) is 1. The Kier molecular flexibility index (Phi) is 3.96. The summed E-state index contributed by atoms with van der Waals surface area (Å²) in [6.07, 6.45) is 4.67. The van der Waals surface area contributed by atoms with E-state index in [1.807, 2.05) is 4.90 Å². The molecule has 0 aromatic rings. The number of likely N-dealkylation sites (tertiary alicyclic amines) is 1. The van der Waals surface area contributed by atoms with Crippen LogP contribution in [0.2, 0.25) is 0 Å². The molecule has 0 unspecified atom stereocenters. The van der Waals surface area contributed by atoms with E-state index in [0.717, 1.165) is 44.8 Å². The Balaban J connectivity index is 2.30. The highest BCUT2D eigenvalue weighted by molar-refractivity contribution is 5.87. The molecular formula is C10H18N2O. The van der Waals surface area contributed by atoms with Gasteiger partial charge >= 0.3 is 0 Å². The average Bonchev–Trinajstić information content (AvgIpc) is 2.18. The van der Waals surface area contributed by atoms with Crippen molar-refractivity contribution in [2.45, 2.75) is 19.3 Å². The Morgan fingerprint density at radius 3 is 2.62 bits per heavy atom. The van der Waals surface area contributed by atoms with Gasteiger partial charge in [-0.3, -0.25) is 4.79 Å². The highest BCUT2D eigenvalue weighted by Gasteiger charge is 2.20. The third kappa shape index (κ3) is 2.84. The van der Waals surface area contributed by atoms with Crippen LogP contribution < -0.4 is 5.73 Å². The molecule has 0 radical (unpaired) electrons. The standard InChI is InChI=1S/C10H18N2O/c1-2-10(13)12-7-4-9(3-6-11)5-8-12/h2,9H,1,3-8,11H2. The fraction of sp³-hybridized carbons (Fsp3) is 0.700. The van der Waals surface area contributed by atoms with Crippen molar-refractivity contribution in [1.82, 2.24) is 4.90 Å². The molecular weight excluding hydrogens is 164 g/mol. The molecule has 0 bridgehead atoms. The van der Waals surface area contributed by atoms with Gasteiger partial charge in [0.15, 0.2) is 0 Å². The van der Waals surface area contributed by atoms with Crippen LogP contribution in [0, 0.1) is 5.92 Å². The summed E-state index contributed by atoms with van der Waals surface area (Å²) < 4.78 is 0. The van der Waals surface area contributed by atoms with Crippen LogP contribution in [0.1, 0.15) is 19.3 Å². The van der Waals surface area contributed by atoms with Crippen molar-refractivity contribution in [2.24, 2.45) is 11.7 Å². The molecule has 3 heteroatoms. The zero-order valence-electron chi connectivity index (χ0n) is 8.04. The molecule has 1 amide bonds. The van der Waals surface area contributed by atoms with Gasteiger partial charge in [0, 0.05) is 13.1 Å². The van der Waals surface area contributed by atoms with Crippen LogP contribution in [-0.2, 0) is 4.79 Å². The summed E-state index contributed by atoms with van der Waals surface area (Å²) in [5, 5.41) is 0. The molecule has 0 spiro atoms. The maximum atomic E-state index is 11.2. The van der Waals surface area contributed by atoms with E-state index in [-0.39, 0.29) is 5.91 Å². The first-order chi connectivity index (χ1) is 6.27. The zero-order chi connectivity index (χ0) is 9.68. The minimum atomic E-state index is 0.0613. The predicted octanol–water partition coefficient (Wildman–Crippen LogP) is 0.760. The van der Waals surface area contributed by atoms with Crippen LogP contribution in [0.4, 0.5) is 0 Å². The molecule has 0 aliphatic carbocycles. The Bertz CT molecular complexity index is 183. The number of hydrogen-bond donors (Lipinski definition) is 1. The van der Waals surface area contributed by atoms with Gasteiger partial charge in [-0.2, -0.15) is 0 Å². The van der Waals surface area contributed by atoms with E-state index in [1.165, 1.54) is 6.08 Å². The summed E-state index contributed by atoms with van der Waals surface area (Å²) in [7, 11) is 0. The second-order valence-electron chi connectivity index (χ2n) is 3.55. The third-order valence-corrected chi connectivity index (χ3v) is 2.68. The minimum Gasteiger partial charge on any atom is -0.339 e. The predicted molar refractivity (Wildman–Crippen MR) is 53.2 cm³/mol. The molecule has 0 atom stereocenters. The van der Waals surface area contributed by atoms with Gasteiger partial charge in [-0.05, 0) is 37.8 Å². The summed E-state index contributed by atoms with van der Waals surface area (Å²) in [6.45, 7) is 5.99. The van der Waals surface area contributed by atoms with Crippen molar-refractivity contribution in [3.05, 3.63) is 12.7 Å². The van der Waals surface area contributed by atoms with E-state index < -0.39 is 0 Å². The van der Waals surface area contributed by atoms with Crippen LogP contribution in [0.15, 0.2) is 12.7 Å². The molecule has 3 nitrogen and oxygen atoms in total. The van der Waals surface area contributed by atoms with Crippen LogP contribution in [-0.4, -0.2) is 30.4 Å². The van der Waals surface area contributed by atoms with E-state index in [4.69, 9.17) is 5.73 Å². The SMILES string of the molecule is C=CC(=O)N1CCC(CCN)CC1. The first-order valence-corrected chi connectivity index (χ1v) is 4.89. The van der Waals surface area contributed by atoms with Crippen LogP contribution in [0.5, 0.6) is 0 Å². The molecule has 1 heterocycles. The minimum absolute atomic E-state index is 0.0613. The monoisotopic (exact) mass is 182 g/mol. The number of carbonyl (C=O) groups is 1. The van der Waals surface area contributed by atoms with Crippen molar-refractivity contribution in [3.63, 3.8) is 0 Å². The first-order valence-electron chi connectivity index (χ1n) is 4.89. The highest BCUT2D eigenvalue weighted by Crippen LogP contribution is 2.19. The molecule has 0 saturated carbocycles. The van der Waals surface area contributed by atoms with Gasteiger partial charge in [0.05, 0.1) is 0 Å². The van der Waals surface area contributed by atoms with Gasteiger partial charge < -0.3 is 10.6 Å². The molecule has 0 aromatic heterocycles. The molecule has 13 heavy (non-hydrogen) atoms. The fourth-order valence-corrected chi connectivity index (χ4v) is 1.81. The Hall–Kier alpha value is -0.830. The number of rotatable bonds is 3. The molecule has 0 aromatic carbocycles. The quantitative estimate of drug-likeness (QED) is 0.655. The molecule has 2 N–H and O–H groups in total. The number of piperidine rings is 1. The van der Waals surface area contributed by atoms with E-state index in [2.05, 4.69) is 6.58 Å². The summed E-state index contributed by atoms with van der Waals surface area (Å²) in [6, 6.07) is 0. The molecule has 1 fully saturated rings. The number of carbonyl (C=O) groups excluding carboxylic acids is 1.